The predicted molar refractivity (Wildman–Crippen MR) is 83.7 cm³/mol. The van der Waals surface area contributed by atoms with Gasteiger partial charge in [-0.25, -0.2) is 0 Å². The minimum absolute atomic E-state index is 0.256. The highest BCUT2D eigenvalue weighted by atomic mass is 15.2. The Morgan fingerprint density at radius 3 is 2.42 bits per heavy atom. The zero-order chi connectivity index (χ0) is 14.5. The molecule has 0 spiro atoms. The van der Waals surface area contributed by atoms with E-state index < -0.39 is 0 Å². The van der Waals surface area contributed by atoms with Gasteiger partial charge < -0.3 is 0 Å². The summed E-state index contributed by atoms with van der Waals surface area (Å²) >= 11 is 0. The number of nitrogens with two attached hydrogens (primary N) is 1. The normalized spacial score (nSPS) is 13.8. The molecule has 0 bridgehead atoms. The average molecular weight is 262 g/mol. The van der Waals surface area contributed by atoms with Gasteiger partial charge in [0.25, 0.3) is 0 Å². The van der Waals surface area contributed by atoms with Crippen LogP contribution in [0.25, 0.3) is 0 Å². The lowest BCUT2D eigenvalue weighted by Crippen LogP contribution is -2.29. The van der Waals surface area contributed by atoms with Crippen molar-refractivity contribution in [3.8, 4) is 0 Å². The molecule has 0 heterocycles. The van der Waals surface area contributed by atoms with Crippen LogP contribution >= 0.6 is 0 Å². The van der Waals surface area contributed by atoms with E-state index in [1.807, 2.05) is 0 Å². The number of nitrogens with one attached hydrogen (secondary N) is 1. The minimum Gasteiger partial charge on any atom is -0.271 e. The van der Waals surface area contributed by atoms with Crippen LogP contribution in [0.5, 0.6) is 0 Å². The molecule has 0 saturated carbocycles. The highest BCUT2D eigenvalue weighted by Gasteiger charge is 2.16. The summed E-state index contributed by atoms with van der Waals surface area (Å²) in [5, 5.41) is 0. The van der Waals surface area contributed by atoms with Crippen LogP contribution in [-0.4, -0.2) is 0 Å². The zero-order valence-electron chi connectivity index (χ0n) is 13.2. The second-order valence-electron chi connectivity index (χ2n) is 7.16. The SMILES string of the molecule is CC(C)Cc1cccc(C(CCC(C)(C)C)NN)c1. The summed E-state index contributed by atoms with van der Waals surface area (Å²) < 4.78 is 0. The van der Waals surface area contributed by atoms with Gasteiger partial charge in [0.05, 0.1) is 0 Å². The summed E-state index contributed by atoms with van der Waals surface area (Å²) in [5.74, 6) is 6.42. The van der Waals surface area contributed by atoms with Gasteiger partial charge in [0, 0.05) is 6.04 Å². The van der Waals surface area contributed by atoms with Gasteiger partial charge in [-0.15, -0.1) is 0 Å². The van der Waals surface area contributed by atoms with E-state index in [1.54, 1.807) is 0 Å². The number of hydrazine groups is 1. The maximum absolute atomic E-state index is 5.74. The van der Waals surface area contributed by atoms with Crippen LogP contribution in [0.4, 0.5) is 0 Å². The summed E-state index contributed by atoms with van der Waals surface area (Å²) in [7, 11) is 0. The number of benzene rings is 1. The average Bonchev–Trinajstić information content (AvgIpc) is 2.28. The molecule has 0 fully saturated rings. The fourth-order valence-corrected chi connectivity index (χ4v) is 2.33. The summed E-state index contributed by atoms with van der Waals surface area (Å²) in [6.45, 7) is 11.3. The van der Waals surface area contributed by atoms with E-state index in [1.165, 1.54) is 11.1 Å². The molecule has 108 valence electrons. The van der Waals surface area contributed by atoms with E-state index in [2.05, 4.69) is 64.3 Å². The van der Waals surface area contributed by atoms with E-state index in [9.17, 15) is 0 Å². The molecular formula is C17H30N2. The molecule has 0 amide bonds. The Hall–Kier alpha value is -0.860. The first kappa shape index (κ1) is 16.2. The van der Waals surface area contributed by atoms with Gasteiger partial charge in [-0.3, -0.25) is 11.3 Å². The summed E-state index contributed by atoms with van der Waals surface area (Å²) in [5.41, 5.74) is 6.04. The number of hydrogen-bond acceptors (Lipinski definition) is 2. The molecule has 0 aromatic heterocycles. The van der Waals surface area contributed by atoms with Crippen molar-refractivity contribution < 1.29 is 0 Å². The van der Waals surface area contributed by atoms with Crippen LogP contribution in [0.2, 0.25) is 0 Å². The summed E-state index contributed by atoms with van der Waals surface area (Å²) in [6, 6.07) is 9.09. The van der Waals surface area contributed by atoms with E-state index in [0.717, 1.165) is 19.3 Å². The molecule has 1 unspecified atom stereocenters. The lowest BCUT2D eigenvalue weighted by atomic mass is 9.87. The Labute approximate surface area is 118 Å². The Balaban J connectivity index is 2.75. The summed E-state index contributed by atoms with van der Waals surface area (Å²) in [4.78, 5) is 0. The molecule has 0 radical (unpaired) electrons. The van der Waals surface area contributed by atoms with Crippen molar-refractivity contribution >= 4 is 0 Å². The predicted octanol–water partition coefficient (Wildman–Crippen LogP) is 4.22. The van der Waals surface area contributed by atoms with Crippen LogP contribution in [0.3, 0.4) is 0 Å². The monoisotopic (exact) mass is 262 g/mol. The van der Waals surface area contributed by atoms with E-state index >= 15 is 0 Å². The molecule has 2 nitrogen and oxygen atoms in total. The molecule has 3 N–H and O–H groups in total. The Morgan fingerprint density at radius 2 is 1.89 bits per heavy atom. The third-order valence-electron chi connectivity index (χ3n) is 3.38. The third kappa shape index (κ3) is 6.22. The molecule has 1 aromatic carbocycles. The van der Waals surface area contributed by atoms with Crippen molar-refractivity contribution in [3.05, 3.63) is 35.4 Å². The first-order chi connectivity index (χ1) is 8.81. The second kappa shape index (κ2) is 7.06. The summed E-state index contributed by atoms with van der Waals surface area (Å²) in [6.07, 6.45) is 3.37. The van der Waals surface area contributed by atoms with Gasteiger partial charge in [-0.05, 0) is 41.7 Å². The molecule has 2 heteroatoms. The highest BCUT2D eigenvalue weighted by Crippen LogP contribution is 2.27. The lowest BCUT2D eigenvalue weighted by molar-refractivity contribution is 0.333. The number of rotatable bonds is 6. The van der Waals surface area contributed by atoms with Gasteiger partial charge in [-0.2, -0.15) is 0 Å². The smallest absolute Gasteiger partial charge is 0.0460 e. The molecule has 0 aliphatic heterocycles. The van der Waals surface area contributed by atoms with Crippen molar-refractivity contribution in [1.82, 2.24) is 5.43 Å². The van der Waals surface area contributed by atoms with Crippen molar-refractivity contribution in [2.75, 3.05) is 0 Å². The zero-order valence-corrected chi connectivity index (χ0v) is 13.2. The van der Waals surface area contributed by atoms with Gasteiger partial charge in [0.1, 0.15) is 0 Å². The molecule has 1 aromatic rings. The van der Waals surface area contributed by atoms with E-state index in [-0.39, 0.29) is 6.04 Å². The molecule has 0 saturated heterocycles. The van der Waals surface area contributed by atoms with Crippen LogP contribution in [0, 0.1) is 11.3 Å². The Morgan fingerprint density at radius 1 is 1.21 bits per heavy atom. The number of hydrogen-bond donors (Lipinski definition) is 2. The van der Waals surface area contributed by atoms with Crippen LogP contribution in [0.1, 0.15) is 64.6 Å². The fraction of sp³-hybridized carbons (Fsp3) is 0.647. The molecule has 19 heavy (non-hydrogen) atoms. The van der Waals surface area contributed by atoms with Crippen LogP contribution < -0.4 is 11.3 Å². The molecule has 1 rings (SSSR count). The molecule has 1 atom stereocenters. The van der Waals surface area contributed by atoms with Gasteiger partial charge >= 0.3 is 0 Å². The highest BCUT2D eigenvalue weighted by molar-refractivity contribution is 5.26. The van der Waals surface area contributed by atoms with Crippen molar-refractivity contribution in [2.24, 2.45) is 17.2 Å². The van der Waals surface area contributed by atoms with Gasteiger partial charge in [0.2, 0.25) is 0 Å². The largest absolute Gasteiger partial charge is 0.271 e. The minimum atomic E-state index is 0.256. The van der Waals surface area contributed by atoms with Crippen LogP contribution in [0.15, 0.2) is 24.3 Å². The topological polar surface area (TPSA) is 38.0 Å². The standard InChI is InChI=1S/C17H30N2/c1-13(2)11-14-7-6-8-15(12-14)16(19-18)9-10-17(3,4)5/h6-8,12-13,16,19H,9-11,18H2,1-5H3. The molecular weight excluding hydrogens is 232 g/mol. The van der Waals surface area contributed by atoms with Gasteiger partial charge in [0.15, 0.2) is 0 Å². The van der Waals surface area contributed by atoms with Crippen molar-refractivity contribution in [1.29, 1.82) is 0 Å². The maximum atomic E-state index is 5.74. The van der Waals surface area contributed by atoms with Crippen molar-refractivity contribution in [3.63, 3.8) is 0 Å². The molecule has 0 aliphatic rings. The van der Waals surface area contributed by atoms with Gasteiger partial charge in [-0.1, -0.05) is 58.9 Å². The maximum Gasteiger partial charge on any atom is 0.0460 e. The fourth-order valence-electron chi connectivity index (χ4n) is 2.33. The Kier molecular flexibility index (Phi) is 6.02. The first-order valence-electron chi connectivity index (χ1n) is 7.37. The quantitative estimate of drug-likeness (QED) is 0.595. The first-order valence-corrected chi connectivity index (χ1v) is 7.37. The molecule has 0 aliphatic carbocycles. The second-order valence-corrected chi connectivity index (χ2v) is 7.16. The Bertz CT molecular complexity index is 377. The lowest BCUT2D eigenvalue weighted by Gasteiger charge is -2.23. The van der Waals surface area contributed by atoms with Crippen molar-refractivity contribution in [2.45, 2.75) is 59.9 Å². The van der Waals surface area contributed by atoms with E-state index in [4.69, 9.17) is 5.84 Å². The van der Waals surface area contributed by atoms with Crippen LogP contribution in [-0.2, 0) is 6.42 Å². The third-order valence-corrected chi connectivity index (χ3v) is 3.38. The van der Waals surface area contributed by atoms with E-state index in [0.29, 0.717) is 11.3 Å².